The second kappa shape index (κ2) is 13.5. The molecule has 0 spiro atoms. The number of rotatable bonds is 13. The highest BCUT2D eigenvalue weighted by Crippen LogP contribution is 2.47. The second-order valence-electron chi connectivity index (χ2n) is 10.4. The topological polar surface area (TPSA) is 140 Å². The van der Waals surface area contributed by atoms with E-state index in [4.69, 9.17) is 24.3 Å². The summed E-state index contributed by atoms with van der Waals surface area (Å²) in [5.41, 5.74) is 7.11. The number of fused-ring (bicyclic) bond motifs is 3. The van der Waals surface area contributed by atoms with Crippen molar-refractivity contribution in [3.05, 3.63) is 59.9 Å². The van der Waals surface area contributed by atoms with Gasteiger partial charge in [-0.1, -0.05) is 18.2 Å². The summed E-state index contributed by atoms with van der Waals surface area (Å²) in [6.45, 7) is 8.84. The Labute approximate surface area is 252 Å². The predicted octanol–water partition coefficient (Wildman–Crippen LogP) is 6.24. The summed E-state index contributed by atoms with van der Waals surface area (Å²) in [4.78, 5) is 21.7. The average Bonchev–Trinajstić information content (AvgIpc) is 3.29. The Bertz CT molecular complexity index is 1660. The second-order valence-corrected chi connectivity index (χ2v) is 12.0. The van der Waals surface area contributed by atoms with Crippen molar-refractivity contribution in [3.63, 3.8) is 0 Å². The number of benzene rings is 2. The minimum absolute atomic E-state index is 0.0826. The molecule has 0 aliphatic carbocycles. The van der Waals surface area contributed by atoms with E-state index in [2.05, 4.69) is 15.1 Å². The van der Waals surface area contributed by atoms with Crippen LogP contribution in [0.15, 0.2) is 48.5 Å². The van der Waals surface area contributed by atoms with Crippen molar-refractivity contribution in [1.82, 2.24) is 19.6 Å². The molecule has 0 bridgehead atoms. The molecule has 4 rings (SSSR count). The van der Waals surface area contributed by atoms with E-state index in [1.54, 1.807) is 20.8 Å². The van der Waals surface area contributed by atoms with Crippen LogP contribution in [0.5, 0.6) is 5.75 Å². The quantitative estimate of drug-likeness (QED) is 0.128. The Morgan fingerprint density at radius 1 is 1.07 bits per heavy atom. The molecule has 4 aromatic rings. The standard InChI is InChI=1S/C29H35F3N5O6P/c1-6-40-16-24-35-25-26(22-9-7-8-10-23(22)34-27(25)33)37(24)15-18(4)42-44(39,36-19(5)28(38)41-17(2)3)43-21-13-11-20(12-14-21)29(30,31)32/h7-14,17-19H,6,15-16H2,1-5H3,(H2,33,34)(H,36,39)/t18-,19-,44?/m0/s1. The maximum absolute atomic E-state index is 14.1. The van der Waals surface area contributed by atoms with E-state index in [0.717, 1.165) is 29.7 Å². The largest absolute Gasteiger partial charge is 0.462 e. The van der Waals surface area contributed by atoms with Gasteiger partial charge >= 0.3 is 19.9 Å². The molecule has 0 saturated heterocycles. The lowest BCUT2D eigenvalue weighted by atomic mass is 10.2. The Morgan fingerprint density at radius 2 is 1.75 bits per heavy atom. The zero-order valence-electron chi connectivity index (χ0n) is 24.9. The number of alkyl halides is 3. The van der Waals surface area contributed by atoms with E-state index in [0.29, 0.717) is 29.0 Å². The van der Waals surface area contributed by atoms with Gasteiger partial charge in [-0.25, -0.2) is 14.5 Å². The molecular weight excluding hydrogens is 602 g/mol. The van der Waals surface area contributed by atoms with Crippen molar-refractivity contribution in [3.8, 4) is 5.75 Å². The van der Waals surface area contributed by atoms with Crippen LogP contribution in [0, 0.1) is 0 Å². The first-order valence-corrected chi connectivity index (χ1v) is 15.5. The average molecular weight is 638 g/mol. The molecular formula is C29H35F3N5O6P. The van der Waals surface area contributed by atoms with Gasteiger partial charge in [-0.15, -0.1) is 0 Å². The summed E-state index contributed by atoms with van der Waals surface area (Å²) in [6, 6.07) is 9.86. The smallest absolute Gasteiger partial charge is 0.459 e. The minimum atomic E-state index is -4.57. The monoisotopic (exact) mass is 637 g/mol. The van der Waals surface area contributed by atoms with Crippen LogP contribution in [0.4, 0.5) is 19.0 Å². The van der Waals surface area contributed by atoms with Gasteiger partial charge in [-0.2, -0.15) is 18.3 Å². The van der Waals surface area contributed by atoms with Crippen LogP contribution in [-0.4, -0.2) is 45.4 Å². The van der Waals surface area contributed by atoms with Crippen LogP contribution in [0.25, 0.3) is 21.9 Å². The molecule has 2 aromatic carbocycles. The highest BCUT2D eigenvalue weighted by molar-refractivity contribution is 7.52. The zero-order chi connectivity index (χ0) is 32.2. The molecule has 11 nitrogen and oxygen atoms in total. The van der Waals surface area contributed by atoms with Crippen LogP contribution < -0.4 is 15.3 Å². The van der Waals surface area contributed by atoms with E-state index >= 15 is 0 Å². The lowest BCUT2D eigenvalue weighted by Gasteiger charge is -2.26. The molecule has 2 aromatic heterocycles. The zero-order valence-corrected chi connectivity index (χ0v) is 25.8. The predicted molar refractivity (Wildman–Crippen MR) is 159 cm³/mol. The fraction of sp³-hybridized carbons (Fsp3) is 0.414. The van der Waals surface area contributed by atoms with Crippen LogP contribution in [0.1, 0.15) is 46.0 Å². The molecule has 15 heteroatoms. The van der Waals surface area contributed by atoms with Crippen LogP contribution in [-0.2, 0) is 42.7 Å². The van der Waals surface area contributed by atoms with Gasteiger partial charge in [0.15, 0.2) is 5.82 Å². The summed E-state index contributed by atoms with van der Waals surface area (Å²) in [5, 5.41) is 3.33. The van der Waals surface area contributed by atoms with Gasteiger partial charge in [-0.05, 0) is 65.0 Å². The number of nitrogens with one attached hydrogen (secondary N) is 1. The van der Waals surface area contributed by atoms with Crippen LogP contribution in [0.3, 0.4) is 0 Å². The van der Waals surface area contributed by atoms with Crippen LogP contribution >= 0.6 is 7.75 Å². The molecule has 0 radical (unpaired) electrons. The van der Waals surface area contributed by atoms with E-state index < -0.39 is 43.7 Å². The van der Waals surface area contributed by atoms with Gasteiger partial charge in [0.25, 0.3) is 0 Å². The van der Waals surface area contributed by atoms with Gasteiger partial charge in [0.2, 0.25) is 0 Å². The molecule has 238 valence electrons. The number of pyridine rings is 1. The number of para-hydroxylation sites is 1. The first-order valence-electron chi connectivity index (χ1n) is 14.0. The van der Waals surface area contributed by atoms with Gasteiger partial charge in [0, 0.05) is 12.0 Å². The first-order chi connectivity index (χ1) is 20.7. The third-order valence-electron chi connectivity index (χ3n) is 6.35. The molecule has 0 aliphatic rings. The van der Waals surface area contributed by atoms with Gasteiger partial charge < -0.3 is 24.3 Å². The molecule has 44 heavy (non-hydrogen) atoms. The Morgan fingerprint density at radius 3 is 2.39 bits per heavy atom. The summed E-state index contributed by atoms with van der Waals surface area (Å²) in [7, 11) is -4.41. The molecule has 0 fully saturated rings. The number of halogens is 3. The van der Waals surface area contributed by atoms with Crippen molar-refractivity contribution >= 4 is 41.5 Å². The van der Waals surface area contributed by atoms with Crippen molar-refractivity contribution in [2.45, 2.75) is 72.2 Å². The fourth-order valence-corrected chi connectivity index (χ4v) is 6.15. The van der Waals surface area contributed by atoms with E-state index in [9.17, 15) is 22.5 Å². The highest BCUT2D eigenvalue weighted by Gasteiger charge is 2.36. The number of ether oxygens (including phenoxy) is 2. The van der Waals surface area contributed by atoms with E-state index in [1.165, 1.54) is 6.92 Å². The van der Waals surface area contributed by atoms with Crippen molar-refractivity contribution in [1.29, 1.82) is 0 Å². The molecule has 0 amide bonds. The summed E-state index contributed by atoms with van der Waals surface area (Å²) < 4.78 is 77.7. The molecule has 2 heterocycles. The maximum Gasteiger partial charge on any atom is 0.459 e. The number of aromatic nitrogens is 3. The van der Waals surface area contributed by atoms with Crippen molar-refractivity contribution < 1.29 is 41.1 Å². The molecule has 3 atom stereocenters. The number of nitrogens with two attached hydrogens (primary N) is 1. The first kappa shape index (κ1) is 33.2. The number of carbonyl (C=O) groups is 1. The number of imidazole rings is 1. The van der Waals surface area contributed by atoms with Gasteiger partial charge in [0.05, 0.1) is 35.3 Å². The lowest BCUT2D eigenvalue weighted by molar-refractivity contribution is -0.149. The van der Waals surface area contributed by atoms with Gasteiger partial charge in [0.1, 0.15) is 29.7 Å². The number of hydrogen-bond acceptors (Lipinski definition) is 9. The SMILES string of the molecule is CCOCc1nc2c(N)nc3ccccc3c2n1C[C@H](C)OP(=O)(N[C@@H](C)C(=O)OC(C)C)Oc1ccc(C(F)(F)F)cc1. The van der Waals surface area contributed by atoms with E-state index in [-0.39, 0.29) is 24.7 Å². The number of esters is 1. The maximum atomic E-state index is 14.1. The molecule has 3 N–H and O–H groups in total. The van der Waals surface area contributed by atoms with Crippen molar-refractivity contribution in [2.75, 3.05) is 12.3 Å². The third kappa shape index (κ3) is 7.86. The van der Waals surface area contributed by atoms with Crippen molar-refractivity contribution in [2.24, 2.45) is 0 Å². The minimum Gasteiger partial charge on any atom is -0.462 e. The van der Waals surface area contributed by atoms with E-state index in [1.807, 2.05) is 35.8 Å². The summed E-state index contributed by atoms with van der Waals surface area (Å²) >= 11 is 0. The van der Waals surface area contributed by atoms with Gasteiger partial charge in [-0.3, -0.25) is 9.32 Å². The number of carbonyl (C=O) groups excluding carboxylic acids is 1. The lowest BCUT2D eigenvalue weighted by Crippen LogP contribution is -2.37. The molecule has 0 saturated carbocycles. The number of hydrogen-bond donors (Lipinski definition) is 2. The van der Waals surface area contributed by atoms with Crippen LogP contribution in [0.2, 0.25) is 0 Å². The molecule has 0 aliphatic heterocycles. The number of nitrogens with zero attached hydrogens (tertiary/aromatic N) is 3. The molecule has 1 unspecified atom stereocenters. The Hall–Kier alpha value is -3.71. The Kier molecular flexibility index (Phi) is 10.2. The third-order valence-corrected chi connectivity index (χ3v) is 8.14. The number of anilines is 1. The number of nitrogen functional groups attached to an aromatic ring is 1. The summed E-state index contributed by atoms with van der Waals surface area (Å²) in [6.07, 6.45) is -5.88. The normalized spacial score (nSPS) is 14.9. The fourth-order valence-electron chi connectivity index (χ4n) is 4.48. The Balaban J connectivity index is 1.69. The summed E-state index contributed by atoms with van der Waals surface area (Å²) in [5.74, 6) is -0.149. The highest BCUT2D eigenvalue weighted by atomic mass is 31.2.